The van der Waals surface area contributed by atoms with E-state index >= 15 is 0 Å². The minimum absolute atomic E-state index is 0.152. The summed E-state index contributed by atoms with van der Waals surface area (Å²) in [5.41, 5.74) is 16.1. The SMILES string of the molecule is Cc1ccc(C(NC(Cc2ccc(N)cc2)=C2CC2)c2ccccc2)c(C)c1. The van der Waals surface area contributed by atoms with Crippen molar-refractivity contribution in [3.05, 3.63) is 112 Å². The summed E-state index contributed by atoms with van der Waals surface area (Å²) < 4.78 is 0. The van der Waals surface area contributed by atoms with Gasteiger partial charge in [-0.25, -0.2) is 0 Å². The van der Waals surface area contributed by atoms with Crippen molar-refractivity contribution >= 4 is 5.69 Å². The van der Waals surface area contributed by atoms with Crippen LogP contribution in [-0.2, 0) is 6.42 Å². The van der Waals surface area contributed by atoms with E-state index in [0.29, 0.717) is 0 Å². The molecule has 1 aliphatic rings. The van der Waals surface area contributed by atoms with Gasteiger partial charge in [-0.15, -0.1) is 0 Å². The smallest absolute Gasteiger partial charge is 0.0767 e. The van der Waals surface area contributed by atoms with Crippen LogP contribution in [0.2, 0.25) is 0 Å². The molecule has 2 heteroatoms. The van der Waals surface area contributed by atoms with Crippen LogP contribution in [-0.4, -0.2) is 0 Å². The van der Waals surface area contributed by atoms with Crippen molar-refractivity contribution in [3.63, 3.8) is 0 Å². The van der Waals surface area contributed by atoms with Crippen LogP contribution in [0.15, 0.2) is 84.1 Å². The number of allylic oxidation sites excluding steroid dienone is 2. The Balaban J connectivity index is 1.68. The second-order valence-electron chi connectivity index (χ2n) is 7.85. The molecule has 4 rings (SSSR count). The van der Waals surface area contributed by atoms with E-state index in [4.69, 9.17) is 5.73 Å². The maximum Gasteiger partial charge on any atom is 0.0767 e. The van der Waals surface area contributed by atoms with Gasteiger partial charge in [0.2, 0.25) is 0 Å². The van der Waals surface area contributed by atoms with Crippen LogP contribution in [0.1, 0.15) is 46.7 Å². The van der Waals surface area contributed by atoms with Crippen LogP contribution >= 0.6 is 0 Å². The van der Waals surface area contributed by atoms with Crippen LogP contribution < -0.4 is 11.1 Å². The number of nitrogens with one attached hydrogen (secondary N) is 1. The lowest BCUT2D eigenvalue weighted by molar-refractivity contribution is 0.669. The second kappa shape index (κ2) is 7.93. The van der Waals surface area contributed by atoms with Crippen LogP contribution in [0, 0.1) is 13.8 Å². The Labute approximate surface area is 168 Å². The zero-order valence-electron chi connectivity index (χ0n) is 16.7. The molecule has 28 heavy (non-hydrogen) atoms. The lowest BCUT2D eigenvalue weighted by atomic mass is 9.93. The summed E-state index contributed by atoms with van der Waals surface area (Å²) in [6.45, 7) is 4.37. The molecule has 1 unspecified atom stereocenters. The van der Waals surface area contributed by atoms with Gasteiger partial charge < -0.3 is 11.1 Å². The number of nitrogen functional groups attached to an aromatic ring is 1. The molecular weight excluding hydrogens is 340 g/mol. The molecule has 0 bridgehead atoms. The number of nitrogens with two attached hydrogens (primary N) is 1. The Hall–Kier alpha value is -3.00. The van der Waals surface area contributed by atoms with E-state index in [1.165, 1.54) is 46.4 Å². The van der Waals surface area contributed by atoms with Gasteiger partial charge in [-0.2, -0.15) is 0 Å². The molecule has 0 aromatic heterocycles. The van der Waals surface area contributed by atoms with Gasteiger partial charge >= 0.3 is 0 Å². The molecule has 0 heterocycles. The van der Waals surface area contributed by atoms with E-state index in [1.807, 2.05) is 12.1 Å². The Bertz CT molecular complexity index is 979. The zero-order valence-corrected chi connectivity index (χ0v) is 16.7. The lowest BCUT2D eigenvalue weighted by Gasteiger charge is -2.25. The molecule has 3 aromatic rings. The van der Waals surface area contributed by atoms with E-state index in [-0.39, 0.29) is 6.04 Å². The molecule has 0 saturated heterocycles. The fraction of sp³-hybridized carbons (Fsp3) is 0.231. The number of aryl methyl sites for hydroxylation is 2. The average molecular weight is 369 g/mol. The van der Waals surface area contributed by atoms with Crippen LogP contribution in [0.4, 0.5) is 5.69 Å². The van der Waals surface area contributed by atoms with E-state index in [0.717, 1.165) is 12.1 Å². The number of benzene rings is 3. The summed E-state index contributed by atoms with van der Waals surface area (Å²) in [4.78, 5) is 0. The van der Waals surface area contributed by atoms with Gasteiger partial charge in [0.05, 0.1) is 6.04 Å². The highest BCUT2D eigenvalue weighted by molar-refractivity contribution is 5.43. The Kier molecular flexibility index (Phi) is 5.21. The highest BCUT2D eigenvalue weighted by Crippen LogP contribution is 2.35. The third kappa shape index (κ3) is 4.28. The summed E-state index contributed by atoms with van der Waals surface area (Å²) in [6.07, 6.45) is 3.32. The fourth-order valence-corrected chi connectivity index (χ4v) is 3.79. The molecule has 0 aliphatic heterocycles. The Morgan fingerprint density at radius 3 is 2.29 bits per heavy atom. The van der Waals surface area contributed by atoms with Crippen molar-refractivity contribution in [1.82, 2.24) is 5.32 Å². The molecule has 0 amide bonds. The third-order valence-electron chi connectivity index (χ3n) is 5.48. The molecule has 1 saturated carbocycles. The molecule has 3 aromatic carbocycles. The normalized spacial score (nSPS) is 13.9. The van der Waals surface area contributed by atoms with Gasteiger partial charge in [0.1, 0.15) is 0 Å². The molecule has 0 spiro atoms. The summed E-state index contributed by atoms with van der Waals surface area (Å²) in [6, 6.07) is 25.9. The van der Waals surface area contributed by atoms with Gasteiger partial charge in [0.25, 0.3) is 0 Å². The lowest BCUT2D eigenvalue weighted by Crippen LogP contribution is -2.24. The van der Waals surface area contributed by atoms with Crippen molar-refractivity contribution in [3.8, 4) is 0 Å². The number of rotatable bonds is 6. The largest absolute Gasteiger partial charge is 0.399 e. The first-order chi connectivity index (χ1) is 13.6. The van der Waals surface area contributed by atoms with Crippen LogP contribution in [0.5, 0.6) is 0 Å². The molecule has 1 aliphatic carbocycles. The molecule has 142 valence electrons. The minimum Gasteiger partial charge on any atom is -0.399 e. The maximum atomic E-state index is 5.86. The highest BCUT2D eigenvalue weighted by atomic mass is 14.9. The first kappa shape index (κ1) is 18.4. The van der Waals surface area contributed by atoms with Crippen molar-refractivity contribution in [2.75, 3.05) is 5.73 Å². The molecule has 2 nitrogen and oxygen atoms in total. The van der Waals surface area contributed by atoms with E-state index < -0.39 is 0 Å². The second-order valence-corrected chi connectivity index (χ2v) is 7.85. The maximum absolute atomic E-state index is 5.86. The van der Waals surface area contributed by atoms with Crippen molar-refractivity contribution in [2.45, 2.75) is 39.2 Å². The number of hydrogen-bond acceptors (Lipinski definition) is 2. The topological polar surface area (TPSA) is 38.0 Å². The van der Waals surface area contributed by atoms with Crippen LogP contribution in [0.25, 0.3) is 0 Å². The van der Waals surface area contributed by atoms with Crippen molar-refractivity contribution in [2.24, 2.45) is 0 Å². The van der Waals surface area contributed by atoms with Gasteiger partial charge in [-0.1, -0.05) is 71.8 Å². The first-order valence-electron chi connectivity index (χ1n) is 10.0. The molecule has 1 fully saturated rings. The summed E-state index contributed by atoms with van der Waals surface area (Å²) in [5, 5.41) is 3.92. The minimum atomic E-state index is 0.152. The predicted octanol–water partition coefficient (Wildman–Crippen LogP) is 5.86. The Morgan fingerprint density at radius 2 is 1.64 bits per heavy atom. The molecule has 3 N–H and O–H groups in total. The third-order valence-corrected chi connectivity index (χ3v) is 5.48. The monoisotopic (exact) mass is 368 g/mol. The molecular formula is C26H28N2. The number of anilines is 1. The average Bonchev–Trinajstić information content (AvgIpc) is 3.53. The quantitative estimate of drug-likeness (QED) is 0.535. The fourth-order valence-electron chi connectivity index (χ4n) is 3.79. The van der Waals surface area contributed by atoms with E-state index in [2.05, 4.69) is 79.8 Å². The standard InChI is InChI=1S/C26H28N2/c1-18-8-15-24(19(2)16-18)26(22-6-4-3-5-7-22)28-25(21-11-12-21)17-20-9-13-23(27)14-10-20/h3-10,13-16,26,28H,11-12,17,27H2,1-2H3. The van der Waals surface area contributed by atoms with Crippen LogP contribution in [0.3, 0.4) is 0 Å². The zero-order chi connectivity index (χ0) is 19.5. The van der Waals surface area contributed by atoms with Gasteiger partial charge in [0, 0.05) is 17.8 Å². The summed E-state index contributed by atoms with van der Waals surface area (Å²) in [5.74, 6) is 0. The Morgan fingerprint density at radius 1 is 0.929 bits per heavy atom. The highest BCUT2D eigenvalue weighted by Gasteiger charge is 2.23. The van der Waals surface area contributed by atoms with Gasteiger partial charge in [-0.05, 0) is 61.1 Å². The van der Waals surface area contributed by atoms with Gasteiger partial charge in [-0.3, -0.25) is 0 Å². The molecule has 1 atom stereocenters. The first-order valence-corrected chi connectivity index (χ1v) is 10.0. The summed E-state index contributed by atoms with van der Waals surface area (Å²) in [7, 11) is 0. The van der Waals surface area contributed by atoms with E-state index in [1.54, 1.807) is 5.57 Å². The number of hydrogen-bond donors (Lipinski definition) is 2. The predicted molar refractivity (Wildman–Crippen MR) is 118 cm³/mol. The molecule has 0 radical (unpaired) electrons. The van der Waals surface area contributed by atoms with Crippen molar-refractivity contribution < 1.29 is 0 Å². The van der Waals surface area contributed by atoms with Gasteiger partial charge in [0.15, 0.2) is 0 Å². The van der Waals surface area contributed by atoms with E-state index in [9.17, 15) is 0 Å². The summed E-state index contributed by atoms with van der Waals surface area (Å²) >= 11 is 0. The van der Waals surface area contributed by atoms with Crippen molar-refractivity contribution in [1.29, 1.82) is 0 Å².